The molecule has 0 aliphatic carbocycles. The lowest BCUT2D eigenvalue weighted by Gasteiger charge is -2.27. The highest BCUT2D eigenvalue weighted by Crippen LogP contribution is 2.42. The van der Waals surface area contributed by atoms with Gasteiger partial charge in [0.25, 0.3) is 0 Å². The molecule has 70 heavy (non-hydrogen) atoms. The first-order chi connectivity index (χ1) is 34.5. The van der Waals surface area contributed by atoms with Crippen molar-refractivity contribution in [1.82, 2.24) is 4.57 Å². The van der Waals surface area contributed by atoms with Crippen molar-refractivity contribution in [2.24, 2.45) is 7.05 Å². The van der Waals surface area contributed by atoms with E-state index in [1.807, 2.05) is 24.3 Å². The van der Waals surface area contributed by atoms with Gasteiger partial charge in [-0.05, 0) is 182 Å². The van der Waals surface area contributed by atoms with Crippen LogP contribution >= 0.6 is 47.0 Å². The molecular weight excluding hydrogens is 931 g/mol. The van der Waals surface area contributed by atoms with Gasteiger partial charge < -0.3 is 14.4 Å². The van der Waals surface area contributed by atoms with Crippen molar-refractivity contribution in [3.05, 3.63) is 265 Å². The third-order valence-corrected chi connectivity index (χ3v) is 16.0. The van der Waals surface area contributed by atoms with Gasteiger partial charge in [-0.2, -0.15) is 0 Å². The summed E-state index contributed by atoms with van der Waals surface area (Å²) in [6.07, 6.45) is 0. The molecule has 0 saturated carbocycles. The highest BCUT2D eigenvalue weighted by atomic mass is 32.2. The summed E-state index contributed by atoms with van der Waals surface area (Å²) in [7, 11) is 2.05. The fourth-order valence-corrected chi connectivity index (χ4v) is 11.9. The summed E-state index contributed by atoms with van der Waals surface area (Å²) in [6, 6.07) is 89.0. The zero-order valence-corrected chi connectivity index (χ0v) is 41.4. The molecule has 11 rings (SSSR count). The number of pyridine rings is 1. The largest absolute Gasteiger partial charge is 0.343 e. The minimum Gasteiger partial charge on any atom is -0.343 e. The number of rotatable bonds is 14. The lowest BCUT2D eigenvalue weighted by Crippen LogP contribution is -2.14. The fraction of sp³-hybridized carbons (Fsp3) is 0.0161. The van der Waals surface area contributed by atoms with Gasteiger partial charge in [0.2, 0.25) is 0 Å². The van der Waals surface area contributed by atoms with E-state index < -0.39 is 0 Å². The Morgan fingerprint density at radius 3 is 0.771 bits per heavy atom. The van der Waals surface area contributed by atoms with Crippen LogP contribution in [0.2, 0.25) is 0 Å². The summed E-state index contributed by atoms with van der Waals surface area (Å²) in [6.45, 7) is 0. The molecular formula is C62H45N3OS4. The van der Waals surface area contributed by atoms with Crippen LogP contribution in [0.1, 0.15) is 0 Å². The Labute approximate surface area is 425 Å². The molecule has 0 amide bonds. The van der Waals surface area contributed by atoms with Crippen molar-refractivity contribution >= 4 is 103 Å². The Hall–Kier alpha value is -7.33. The summed E-state index contributed by atoms with van der Waals surface area (Å²) in [5.41, 5.74) is 7.51. The molecule has 1 aromatic heterocycles. The predicted molar refractivity (Wildman–Crippen MR) is 298 cm³/mol. The van der Waals surface area contributed by atoms with E-state index in [-0.39, 0.29) is 5.43 Å². The lowest BCUT2D eigenvalue weighted by molar-refractivity contribution is 1.00. The Bertz CT molecular complexity index is 3190. The first kappa shape index (κ1) is 45.1. The van der Waals surface area contributed by atoms with E-state index in [9.17, 15) is 0 Å². The molecule has 0 N–H and O–H groups in total. The van der Waals surface area contributed by atoms with Crippen LogP contribution in [0.25, 0.3) is 21.8 Å². The number of aromatic nitrogens is 1. The van der Waals surface area contributed by atoms with E-state index in [0.717, 1.165) is 64.7 Å². The van der Waals surface area contributed by atoms with E-state index >= 15 is 4.79 Å². The Morgan fingerprint density at radius 1 is 0.286 bits per heavy atom. The quantitative estimate of drug-likeness (QED) is 0.100. The normalized spacial score (nSPS) is 11.2. The molecule has 11 aromatic rings. The van der Waals surface area contributed by atoms with Crippen LogP contribution in [0.5, 0.6) is 0 Å². The summed E-state index contributed by atoms with van der Waals surface area (Å²) >= 11 is 6.96. The first-order valence-electron chi connectivity index (χ1n) is 23.0. The summed E-state index contributed by atoms with van der Waals surface area (Å²) in [5.74, 6) is 0. The van der Waals surface area contributed by atoms with E-state index in [1.54, 1.807) is 47.0 Å². The van der Waals surface area contributed by atoms with Crippen molar-refractivity contribution < 1.29 is 0 Å². The Kier molecular flexibility index (Phi) is 13.4. The third-order valence-electron chi connectivity index (χ3n) is 12.0. The van der Waals surface area contributed by atoms with E-state index in [1.165, 1.54) is 19.6 Å². The maximum absolute atomic E-state index is 15.1. The zero-order chi connectivity index (χ0) is 47.2. The molecule has 10 aromatic carbocycles. The van der Waals surface area contributed by atoms with Crippen molar-refractivity contribution in [3.8, 4) is 0 Å². The maximum Gasteiger partial charge on any atom is 0.197 e. The SMILES string of the molecule is Cn1c2ccc(N(c3ccc(Sc4ccccc4)cc3)c3ccc(Sc4ccccc4)cc3)cc2c(=O)c2cc(N(c3ccc(Sc4ccccc4)cc3)c3ccc(Sc4ccccc4)cc3)ccc21. The standard InChI is InChI=1S/C62H45N3OS4/c1-63-60-40-30-48(64(44-22-32-54(33-23-44)67-50-14-6-2-7-15-50)45-24-34-55(35-25-45)68-51-16-8-3-9-17-51)42-58(60)62(66)59-43-49(31-41-61(59)63)65(46-26-36-56(37-27-46)69-52-18-10-4-11-19-52)47-28-38-57(39-29-47)70-53-20-12-5-13-21-53/h2-43H,1H3. The summed E-state index contributed by atoms with van der Waals surface area (Å²) in [4.78, 5) is 29.0. The van der Waals surface area contributed by atoms with Gasteiger partial charge in [0.1, 0.15) is 0 Å². The van der Waals surface area contributed by atoms with Crippen LogP contribution in [0.4, 0.5) is 34.1 Å². The van der Waals surface area contributed by atoms with E-state index in [0.29, 0.717) is 10.8 Å². The van der Waals surface area contributed by atoms with Gasteiger partial charge >= 0.3 is 0 Å². The number of anilines is 6. The van der Waals surface area contributed by atoms with Gasteiger partial charge in [0.15, 0.2) is 5.43 Å². The van der Waals surface area contributed by atoms with Gasteiger partial charge in [-0.25, -0.2) is 0 Å². The fourth-order valence-electron chi connectivity index (χ4n) is 8.60. The van der Waals surface area contributed by atoms with Crippen LogP contribution in [-0.4, -0.2) is 4.57 Å². The molecule has 0 unspecified atom stereocenters. The molecule has 0 saturated heterocycles. The van der Waals surface area contributed by atoms with Crippen LogP contribution < -0.4 is 15.2 Å². The smallest absolute Gasteiger partial charge is 0.197 e. The second-order valence-corrected chi connectivity index (χ2v) is 21.2. The van der Waals surface area contributed by atoms with E-state index in [2.05, 4.69) is 252 Å². The molecule has 0 aliphatic rings. The molecule has 338 valence electrons. The monoisotopic (exact) mass is 975 g/mol. The maximum atomic E-state index is 15.1. The topological polar surface area (TPSA) is 28.5 Å². The van der Waals surface area contributed by atoms with Crippen LogP contribution in [-0.2, 0) is 7.05 Å². The van der Waals surface area contributed by atoms with Gasteiger partial charge in [0.05, 0.1) is 11.0 Å². The predicted octanol–water partition coefficient (Wildman–Crippen LogP) is 18.2. The summed E-state index contributed by atoms with van der Waals surface area (Å²) < 4.78 is 2.14. The number of nitrogens with zero attached hydrogens (tertiary/aromatic N) is 3. The molecule has 0 atom stereocenters. The number of hydrogen-bond donors (Lipinski definition) is 0. The van der Waals surface area contributed by atoms with E-state index in [4.69, 9.17) is 0 Å². The Morgan fingerprint density at radius 2 is 0.514 bits per heavy atom. The highest BCUT2D eigenvalue weighted by molar-refractivity contribution is 8.00. The van der Waals surface area contributed by atoms with Crippen molar-refractivity contribution in [3.63, 3.8) is 0 Å². The van der Waals surface area contributed by atoms with Crippen molar-refractivity contribution in [1.29, 1.82) is 0 Å². The zero-order valence-electron chi connectivity index (χ0n) is 38.1. The number of fused-ring (bicyclic) bond motifs is 2. The average Bonchev–Trinajstić information content (AvgIpc) is 3.41. The second kappa shape index (κ2) is 20.7. The Balaban J connectivity index is 0.987. The molecule has 4 nitrogen and oxygen atoms in total. The van der Waals surface area contributed by atoms with Gasteiger partial charge in [0, 0.05) is 91.1 Å². The van der Waals surface area contributed by atoms with Crippen LogP contribution in [0.15, 0.2) is 299 Å². The minimum atomic E-state index is -0.0138. The molecule has 0 spiro atoms. The molecule has 0 fully saturated rings. The molecule has 0 aliphatic heterocycles. The number of hydrogen-bond acceptors (Lipinski definition) is 7. The van der Waals surface area contributed by atoms with Crippen LogP contribution in [0, 0.1) is 0 Å². The van der Waals surface area contributed by atoms with Gasteiger partial charge in [-0.15, -0.1) is 0 Å². The van der Waals surface area contributed by atoms with Crippen molar-refractivity contribution in [2.45, 2.75) is 39.2 Å². The van der Waals surface area contributed by atoms with Crippen LogP contribution in [0.3, 0.4) is 0 Å². The molecule has 0 bridgehead atoms. The molecule has 1 heterocycles. The average molecular weight is 976 g/mol. The minimum absolute atomic E-state index is 0.0138. The second-order valence-electron chi connectivity index (χ2n) is 16.6. The lowest BCUT2D eigenvalue weighted by atomic mass is 10.1. The number of benzene rings is 10. The third kappa shape index (κ3) is 10.0. The van der Waals surface area contributed by atoms with Gasteiger partial charge in [-0.1, -0.05) is 120 Å². The molecule has 8 heteroatoms. The first-order valence-corrected chi connectivity index (χ1v) is 26.2. The van der Waals surface area contributed by atoms with Gasteiger partial charge in [-0.3, -0.25) is 4.79 Å². The molecule has 0 radical (unpaired) electrons. The highest BCUT2D eigenvalue weighted by Gasteiger charge is 2.19. The van der Waals surface area contributed by atoms with Crippen molar-refractivity contribution in [2.75, 3.05) is 9.80 Å². The summed E-state index contributed by atoms with van der Waals surface area (Å²) in [5, 5.41) is 1.30. The number of aryl methyl sites for hydroxylation is 1.